The maximum atomic E-state index is 12.0. The molecule has 0 unspecified atom stereocenters. The molecule has 0 fully saturated rings. The van der Waals surface area contributed by atoms with Crippen LogP contribution in [0.4, 0.5) is 19.0 Å². The fourth-order valence-corrected chi connectivity index (χ4v) is 1.31. The maximum Gasteiger partial charge on any atom is 0.575 e. The Bertz CT molecular complexity index is 529. The van der Waals surface area contributed by atoms with Gasteiger partial charge in [-0.3, -0.25) is 4.79 Å². The van der Waals surface area contributed by atoms with Crippen molar-refractivity contribution in [1.29, 1.82) is 0 Å². The number of carbonyl (C=O) groups is 1. The van der Waals surface area contributed by atoms with Gasteiger partial charge in [0.2, 0.25) is 0 Å². The van der Waals surface area contributed by atoms with Crippen molar-refractivity contribution in [2.45, 2.75) is 19.7 Å². The van der Waals surface area contributed by atoms with E-state index in [-0.39, 0.29) is 11.1 Å². The molecular weight excluding hydrogens is 273 g/mol. The Morgan fingerprint density at radius 1 is 1.58 bits per heavy atom. The molecule has 104 valence electrons. The molecule has 0 radical (unpaired) electrons. The van der Waals surface area contributed by atoms with E-state index in [4.69, 9.17) is 5.11 Å². The van der Waals surface area contributed by atoms with Crippen LogP contribution in [0.25, 0.3) is 0 Å². The molecule has 1 rings (SSSR count). The van der Waals surface area contributed by atoms with Gasteiger partial charge in [0.15, 0.2) is 0 Å². The molecule has 1 heterocycles. The lowest BCUT2D eigenvalue weighted by molar-refractivity contribution is -0.390. The van der Waals surface area contributed by atoms with Crippen molar-refractivity contribution in [3.8, 4) is 5.88 Å². The number of rotatable bonds is 4. The van der Waals surface area contributed by atoms with Gasteiger partial charge >= 0.3 is 24.0 Å². The average Bonchev–Trinajstić information content (AvgIpc) is 2.18. The number of hydrogen-bond donors (Lipinski definition) is 1. The van der Waals surface area contributed by atoms with Crippen molar-refractivity contribution < 1.29 is 32.7 Å². The first kappa shape index (κ1) is 14.7. The van der Waals surface area contributed by atoms with Gasteiger partial charge in [-0.1, -0.05) is 0 Å². The molecule has 19 heavy (non-hydrogen) atoms. The van der Waals surface area contributed by atoms with E-state index in [1.165, 1.54) is 6.92 Å². The van der Waals surface area contributed by atoms with E-state index in [9.17, 15) is 28.1 Å². The highest BCUT2D eigenvalue weighted by atomic mass is 19.4. The summed E-state index contributed by atoms with van der Waals surface area (Å²) in [5, 5.41) is 19.2. The SMILES string of the molecule is Cc1cc(CC(=O)O)c([N+](=O)[O-])nc1OC(F)(F)F. The molecule has 0 spiro atoms. The molecule has 1 aromatic heterocycles. The van der Waals surface area contributed by atoms with E-state index in [0.29, 0.717) is 0 Å². The Labute approximate surface area is 103 Å². The van der Waals surface area contributed by atoms with Crippen molar-refractivity contribution in [2.75, 3.05) is 0 Å². The number of pyridine rings is 1. The monoisotopic (exact) mass is 280 g/mol. The number of carboxylic acids is 1. The number of nitrogens with zero attached hydrogens (tertiary/aromatic N) is 2. The number of aliphatic carboxylic acids is 1. The second-order valence-electron chi connectivity index (χ2n) is 3.47. The summed E-state index contributed by atoms with van der Waals surface area (Å²) in [6.07, 6.45) is -5.77. The maximum absolute atomic E-state index is 12.0. The largest absolute Gasteiger partial charge is 0.575 e. The molecular formula is C9H7F3N2O5. The molecule has 0 aliphatic heterocycles. The minimum Gasteiger partial charge on any atom is -0.481 e. The molecule has 10 heteroatoms. The number of aromatic nitrogens is 1. The van der Waals surface area contributed by atoms with Crippen molar-refractivity contribution in [2.24, 2.45) is 0 Å². The van der Waals surface area contributed by atoms with Gasteiger partial charge in [-0.2, -0.15) is 0 Å². The zero-order valence-corrected chi connectivity index (χ0v) is 9.39. The van der Waals surface area contributed by atoms with E-state index in [1.54, 1.807) is 0 Å². The van der Waals surface area contributed by atoms with Gasteiger partial charge in [-0.25, -0.2) is 0 Å². The lowest BCUT2D eigenvalue weighted by Gasteiger charge is -2.08. The number of alkyl halides is 3. The Kier molecular flexibility index (Phi) is 3.92. The van der Waals surface area contributed by atoms with E-state index in [1.807, 2.05) is 0 Å². The Morgan fingerprint density at radius 2 is 2.16 bits per heavy atom. The summed E-state index contributed by atoms with van der Waals surface area (Å²) in [5.41, 5.74) is -0.455. The molecule has 0 aliphatic carbocycles. The van der Waals surface area contributed by atoms with Crippen LogP contribution >= 0.6 is 0 Å². The van der Waals surface area contributed by atoms with Gasteiger partial charge in [0.1, 0.15) is 0 Å². The van der Waals surface area contributed by atoms with Crippen molar-refractivity contribution >= 4 is 11.8 Å². The van der Waals surface area contributed by atoms with Crippen LogP contribution in [-0.2, 0) is 11.2 Å². The number of ether oxygens (including phenoxy) is 1. The van der Waals surface area contributed by atoms with Crippen LogP contribution in [0, 0.1) is 17.0 Å². The third kappa shape index (κ3) is 4.08. The smallest absolute Gasteiger partial charge is 0.481 e. The highest BCUT2D eigenvalue weighted by Crippen LogP contribution is 2.29. The van der Waals surface area contributed by atoms with Gasteiger partial charge in [0.05, 0.1) is 12.0 Å². The molecule has 0 bridgehead atoms. The van der Waals surface area contributed by atoms with Gasteiger partial charge in [-0.15, -0.1) is 13.2 Å². The van der Waals surface area contributed by atoms with Crippen LogP contribution in [-0.4, -0.2) is 27.3 Å². The predicted octanol–water partition coefficient (Wildman–Crippen LogP) is 1.82. The summed E-state index contributed by atoms with van der Waals surface area (Å²) in [5.74, 6) is -3.32. The van der Waals surface area contributed by atoms with Gasteiger partial charge in [-0.05, 0) is 17.9 Å². The predicted molar refractivity (Wildman–Crippen MR) is 53.7 cm³/mol. The average molecular weight is 280 g/mol. The van der Waals surface area contributed by atoms with Crippen LogP contribution in [0.3, 0.4) is 0 Å². The van der Waals surface area contributed by atoms with Crippen LogP contribution in [0.1, 0.15) is 11.1 Å². The molecule has 0 saturated heterocycles. The van der Waals surface area contributed by atoms with Crippen molar-refractivity contribution in [1.82, 2.24) is 4.98 Å². The molecule has 0 aliphatic rings. The van der Waals surface area contributed by atoms with Crippen LogP contribution in [0.15, 0.2) is 6.07 Å². The summed E-state index contributed by atoms with van der Waals surface area (Å²) in [6, 6.07) is 0.931. The molecule has 7 nitrogen and oxygen atoms in total. The minimum atomic E-state index is -5.04. The number of aryl methyl sites for hydroxylation is 1. The van der Waals surface area contributed by atoms with E-state index >= 15 is 0 Å². The topological polar surface area (TPSA) is 103 Å². The fraction of sp³-hybridized carbons (Fsp3) is 0.333. The highest BCUT2D eigenvalue weighted by Gasteiger charge is 2.35. The Balaban J connectivity index is 3.28. The second-order valence-corrected chi connectivity index (χ2v) is 3.47. The zero-order valence-electron chi connectivity index (χ0n) is 9.39. The quantitative estimate of drug-likeness (QED) is 0.666. The summed E-state index contributed by atoms with van der Waals surface area (Å²) < 4.78 is 39.6. The molecule has 1 N–H and O–H groups in total. The van der Waals surface area contributed by atoms with Gasteiger partial charge < -0.3 is 20.0 Å². The highest BCUT2D eigenvalue weighted by molar-refractivity contribution is 5.71. The first-order valence-corrected chi connectivity index (χ1v) is 4.72. The first-order chi connectivity index (χ1) is 8.60. The van der Waals surface area contributed by atoms with Crippen LogP contribution < -0.4 is 4.74 Å². The Morgan fingerprint density at radius 3 is 2.58 bits per heavy atom. The molecule has 1 aromatic rings. The van der Waals surface area contributed by atoms with E-state index in [0.717, 1.165) is 6.07 Å². The third-order valence-electron chi connectivity index (χ3n) is 1.95. The standard InChI is InChI=1S/C9H7F3N2O5/c1-4-2-5(3-6(15)16)7(14(17)18)13-8(4)19-9(10,11)12/h2H,3H2,1H3,(H,15,16). The summed E-state index contributed by atoms with van der Waals surface area (Å²) in [7, 11) is 0. The summed E-state index contributed by atoms with van der Waals surface area (Å²) >= 11 is 0. The van der Waals surface area contributed by atoms with Gasteiger partial charge in [0.25, 0.3) is 0 Å². The summed E-state index contributed by atoms with van der Waals surface area (Å²) in [4.78, 5) is 23.2. The number of hydrogen-bond acceptors (Lipinski definition) is 5. The molecule has 0 atom stereocenters. The number of nitro groups is 1. The lowest BCUT2D eigenvalue weighted by Crippen LogP contribution is -2.19. The van der Waals surface area contributed by atoms with E-state index in [2.05, 4.69) is 9.72 Å². The molecule has 0 amide bonds. The van der Waals surface area contributed by atoms with Crippen LogP contribution in [0.5, 0.6) is 5.88 Å². The normalized spacial score (nSPS) is 11.2. The number of halogens is 3. The fourth-order valence-electron chi connectivity index (χ4n) is 1.31. The minimum absolute atomic E-state index is 0.154. The molecule has 0 saturated carbocycles. The van der Waals surface area contributed by atoms with E-state index < -0.39 is 35.4 Å². The van der Waals surface area contributed by atoms with Crippen molar-refractivity contribution in [3.05, 3.63) is 27.3 Å². The Hall–Kier alpha value is -2.39. The van der Waals surface area contributed by atoms with Crippen molar-refractivity contribution in [3.63, 3.8) is 0 Å². The first-order valence-electron chi connectivity index (χ1n) is 4.72. The third-order valence-corrected chi connectivity index (χ3v) is 1.95. The second kappa shape index (κ2) is 5.08. The zero-order chi connectivity index (χ0) is 14.8. The van der Waals surface area contributed by atoms with Crippen LogP contribution in [0.2, 0.25) is 0 Å². The lowest BCUT2D eigenvalue weighted by atomic mass is 10.1. The number of carboxylic acid groups (broad SMARTS) is 1. The van der Waals surface area contributed by atoms with Gasteiger partial charge in [0, 0.05) is 10.5 Å². The summed E-state index contributed by atoms with van der Waals surface area (Å²) in [6.45, 7) is 1.17. The molecule has 0 aromatic carbocycles.